The highest BCUT2D eigenvalue weighted by Crippen LogP contribution is 2.18. The van der Waals surface area contributed by atoms with Gasteiger partial charge < -0.3 is 10.6 Å². The molecule has 0 radical (unpaired) electrons. The minimum Gasteiger partial charge on any atom is -0.374 e. The molecule has 1 unspecified atom stereocenters. The summed E-state index contributed by atoms with van der Waals surface area (Å²) in [4.78, 5) is 12.1. The Morgan fingerprint density at radius 1 is 1.08 bits per heavy atom. The molecule has 134 valence electrons. The summed E-state index contributed by atoms with van der Waals surface area (Å²) in [5.74, 6) is -2.15. The molecule has 0 aliphatic heterocycles. The summed E-state index contributed by atoms with van der Waals surface area (Å²) in [6.45, 7) is 1.55. The standard InChI is InChI=1S/C16H17F2N3O3S/c1-10(16(22)20-15-7-6-11(17)8-14(15)18)19-12-4-3-5-13(9-12)21-25(2,23)24/h3-10,19,21H,1-2H3,(H,20,22). The number of benzene rings is 2. The van der Waals surface area contributed by atoms with E-state index >= 15 is 0 Å². The van der Waals surface area contributed by atoms with Crippen LogP contribution in [0.15, 0.2) is 42.5 Å². The molecule has 1 atom stereocenters. The van der Waals surface area contributed by atoms with E-state index in [0.717, 1.165) is 18.4 Å². The SMILES string of the molecule is CC(Nc1cccc(NS(C)(=O)=O)c1)C(=O)Nc1ccc(F)cc1F. The molecule has 2 aromatic rings. The summed E-state index contributed by atoms with van der Waals surface area (Å²) in [5.41, 5.74) is 0.702. The second kappa shape index (κ2) is 7.47. The number of halogens is 2. The monoisotopic (exact) mass is 369 g/mol. The molecule has 0 aliphatic rings. The molecular formula is C16H17F2N3O3S. The van der Waals surface area contributed by atoms with Crippen molar-refractivity contribution < 1.29 is 22.0 Å². The third-order valence-electron chi connectivity index (χ3n) is 3.13. The Bertz CT molecular complexity index is 888. The number of carbonyl (C=O) groups is 1. The molecule has 0 saturated heterocycles. The van der Waals surface area contributed by atoms with Crippen LogP contribution in [0.4, 0.5) is 25.8 Å². The number of hydrogen-bond acceptors (Lipinski definition) is 4. The Kier molecular flexibility index (Phi) is 5.58. The van der Waals surface area contributed by atoms with Gasteiger partial charge in [-0.15, -0.1) is 0 Å². The molecule has 2 aromatic carbocycles. The number of sulfonamides is 1. The molecule has 2 rings (SSSR count). The normalized spacial score (nSPS) is 12.3. The smallest absolute Gasteiger partial charge is 0.246 e. The van der Waals surface area contributed by atoms with Crippen molar-refractivity contribution in [2.24, 2.45) is 0 Å². The van der Waals surface area contributed by atoms with Gasteiger partial charge in [-0.1, -0.05) is 6.07 Å². The second-order valence-electron chi connectivity index (χ2n) is 5.43. The van der Waals surface area contributed by atoms with Gasteiger partial charge in [0.15, 0.2) is 0 Å². The van der Waals surface area contributed by atoms with E-state index in [1.165, 1.54) is 6.07 Å². The summed E-state index contributed by atoms with van der Waals surface area (Å²) in [6.07, 6.45) is 1.03. The van der Waals surface area contributed by atoms with E-state index in [-0.39, 0.29) is 5.69 Å². The van der Waals surface area contributed by atoms with Crippen LogP contribution in [0.3, 0.4) is 0 Å². The largest absolute Gasteiger partial charge is 0.374 e. The first-order valence-electron chi connectivity index (χ1n) is 7.24. The summed E-state index contributed by atoms with van der Waals surface area (Å²) < 4.78 is 51.3. The van der Waals surface area contributed by atoms with Crippen LogP contribution in [-0.2, 0) is 14.8 Å². The molecular weight excluding hydrogens is 352 g/mol. The third-order valence-corrected chi connectivity index (χ3v) is 3.74. The van der Waals surface area contributed by atoms with Gasteiger partial charge in [0.05, 0.1) is 17.6 Å². The zero-order valence-corrected chi connectivity index (χ0v) is 14.3. The summed E-state index contributed by atoms with van der Waals surface area (Å²) >= 11 is 0. The fraction of sp³-hybridized carbons (Fsp3) is 0.188. The van der Waals surface area contributed by atoms with E-state index in [1.54, 1.807) is 25.1 Å². The Hall–Kier alpha value is -2.68. The van der Waals surface area contributed by atoms with Crippen LogP contribution < -0.4 is 15.4 Å². The lowest BCUT2D eigenvalue weighted by molar-refractivity contribution is -0.116. The molecule has 1 amide bonds. The molecule has 3 N–H and O–H groups in total. The Labute approximate surface area is 144 Å². The number of carbonyl (C=O) groups excluding carboxylic acids is 1. The highest BCUT2D eigenvalue weighted by Gasteiger charge is 2.15. The van der Waals surface area contributed by atoms with Crippen molar-refractivity contribution in [3.63, 3.8) is 0 Å². The lowest BCUT2D eigenvalue weighted by Crippen LogP contribution is -2.32. The van der Waals surface area contributed by atoms with Gasteiger partial charge in [0.2, 0.25) is 15.9 Å². The highest BCUT2D eigenvalue weighted by atomic mass is 32.2. The molecule has 0 spiro atoms. The van der Waals surface area contributed by atoms with Crippen molar-refractivity contribution in [1.29, 1.82) is 0 Å². The van der Waals surface area contributed by atoms with E-state index in [9.17, 15) is 22.0 Å². The zero-order valence-electron chi connectivity index (χ0n) is 13.5. The molecule has 0 bridgehead atoms. The molecule has 0 heterocycles. The summed E-state index contributed by atoms with van der Waals surface area (Å²) in [7, 11) is -3.42. The highest BCUT2D eigenvalue weighted by molar-refractivity contribution is 7.92. The maximum absolute atomic E-state index is 13.6. The second-order valence-corrected chi connectivity index (χ2v) is 7.18. The predicted octanol–water partition coefficient (Wildman–Crippen LogP) is 2.78. The van der Waals surface area contributed by atoms with Gasteiger partial charge in [-0.05, 0) is 37.3 Å². The fourth-order valence-electron chi connectivity index (χ4n) is 2.03. The van der Waals surface area contributed by atoms with Crippen LogP contribution in [0.2, 0.25) is 0 Å². The van der Waals surface area contributed by atoms with Crippen molar-refractivity contribution in [2.75, 3.05) is 21.6 Å². The summed E-state index contributed by atoms with van der Waals surface area (Å²) in [5, 5.41) is 5.23. The fourth-order valence-corrected chi connectivity index (χ4v) is 2.59. The van der Waals surface area contributed by atoms with Crippen molar-refractivity contribution in [2.45, 2.75) is 13.0 Å². The van der Waals surface area contributed by atoms with E-state index in [1.807, 2.05) is 0 Å². The van der Waals surface area contributed by atoms with E-state index in [0.29, 0.717) is 17.4 Å². The summed E-state index contributed by atoms with van der Waals surface area (Å²) in [6, 6.07) is 8.43. The van der Waals surface area contributed by atoms with E-state index in [2.05, 4.69) is 15.4 Å². The number of nitrogens with one attached hydrogen (secondary N) is 3. The van der Waals surface area contributed by atoms with Gasteiger partial charge in [-0.3, -0.25) is 9.52 Å². The number of anilines is 3. The molecule has 0 fully saturated rings. The Balaban J connectivity index is 2.04. The van der Waals surface area contributed by atoms with Gasteiger partial charge in [-0.2, -0.15) is 0 Å². The van der Waals surface area contributed by atoms with Crippen LogP contribution in [0.25, 0.3) is 0 Å². The first-order valence-corrected chi connectivity index (χ1v) is 9.13. The molecule has 0 aliphatic carbocycles. The quantitative estimate of drug-likeness (QED) is 0.731. The van der Waals surface area contributed by atoms with Gasteiger partial charge in [0.25, 0.3) is 0 Å². The number of hydrogen-bond donors (Lipinski definition) is 3. The van der Waals surface area contributed by atoms with Crippen LogP contribution in [0, 0.1) is 11.6 Å². The third kappa shape index (κ3) is 5.71. The van der Waals surface area contributed by atoms with Crippen molar-refractivity contribution in [3.05, 3.63) is 54.1 Å². The van der Waals surface area contributed by atoms with Crippen molar-refractivity contribution in [3.8, 4) is 0 Å². The minimum atomic E-state index is -3.42. The maximum Gasteiger partial charge on any atom is 0.246 e. The molecule has 25 heavy (non-hydrogen) atoms. The first-order chi connectivity index (χ1) is 11.6. The zero-order chi connectivity index (χ0) is 18.6. The van der Waals surface area contributed by atoms with E-state index < -0.39 is 33.6 Å². The topological polar surface area (TPSA) is 87.3 Å². The average Bonchev–Trinajstić information content (AvgIpc) is 2.48. The number of rotatable bonds is 6. The molecule has 0 aromatic heterocycles. The Morgan fingerprint density at radius 3 is 2.40 bits per heavy atom. The molecule has 0 saturated carbocycles. The van der Waals surface area contributed by atoms with Crippen LogP contribution >= 0.6 is 0 Å². The number of amides is 1. The maximum atomic E-state index is 13.6. The first kappa shape index (κ1) is 18.7. The Morgan fingerprint density at radius 2 is 1.76 bits per heavy atom. The average molecular weight is 369 g/mol. The van der Waals surface area contributed by atoms with E-state index in [4.69, 9.17) is 0 Å². The van der Waals surface area contributed by atoms with Crippen LogP contribution in [-0.4, -0.2) is 26.6 Å². The lowest BCUT2D eigenvalue weighted by atomic mass is 10.2. The van der Waals surface area contributed by atoms with Gasteiger partial charge in [0.1, 0.15) is 17.7 Å². The van der Waals surface area contributed by atoms with Gasteiger partial charge in [-0.25, -0.2) is 17.2 Å². The van der Waals surface area contributed by atoms with Crippen LogP contribution in [0.5, 0.6) is 0 Å². The van der Waals surface area contributed by atoms with Crippen LogP contribution in [0.1, 0.15) is 6.92 Å². The minimum absolute atomic E-state index is 0.132. The van der Waals surface area contributed by atoms with Gasteiger partial charge >= 0.3 is 0 Å². The lowest BCUT2D eigenvalue weighted by Gasteiger charge is -2.16. The van der Waals surface area contributed by atoms with Crippen molar-refractivity contribution in [1.82, 2.24) is 0 Å². The van der Waals surface area contributed by atoms with Gasteiger partial charge in [0, 0.05) is 11.8 Å². The van der Waals surface area contributed by atoms with Crippen molar-refractivity contribution >= 4 is 33.0 Å². The predicted molar refractivity (Wildman–Crippen MR) is 93.0 cm³/mol. The molecule has 6 nitrogen and oxygen atoms in total. The molecule has 9 heteroatoms.